The molecular weight excluding hydrogens is 365 g/mol. The maximum atomic E-state index is 13.5. The number of halogens is 1. The number of aromatic nitrogens is 2. The van der Waals surface area contributed by atoms with Crippen molar-refractivity contribution in [1.29, 1.82) is 0 Å². The topological polar surface area (TPSA) is 29.8 Å². The SMILES string of the molecule is CC.CC.CC.CN1CCC(COc2nc3cc(F)ccc3n3cccc23)CC1. The molecule has 0 spiro atoms. The van der Waals surface area contributed by atoms with Crippen LogP contribution in [0.2, 0.25) is 0 Å². The third-order valence-electron chi connectivity index (χ3n) is 4.68. The van der Waals surface area contributed by atoms with Gasteiger partial charge in [-0.15, -0.1) is 0 Å². The third-order valence-corrected chi connectivity index (χ3v) is 4.68. The molecule has 1 fully saturated rings. The van der Waals surface area contributed by atoms with Crippen LogP contribution in [0.3, 0.4) is 0 Å². The van der Waals surface area contributed by atoms with Crippen LogP contribution in [0, 0.1) is 11.7 Å². The van der Waals surface area contributed by atoms with Gasteiger partial charge in [-0.05, 0) is 63.2 Å². The summed E-state index contributed by atoms with van der Waals surface area (Å²) in [6, 6.07) is 8.62. The number of ether oxygens (including phenoxy) is 1. The Bertz CT molecular complexity index is 839. The number of fused-ring (bicyclic) bond motifs is 3. The summed E-state index contributed by atoms with van der Waals surface area (Å²) >= 11 is 0. The van der Waals surface area contributed by atoms with Crippen LogP contribution in [0.25, 0.3) is 16.6 Å². The number of benzene rings is 1. The maximum Gasteiger partial charge on any atom is 0.238 e. The highest BCUT2D eigenvalue weighted by Crippen LogP contribution is 2.26. The lowest BCUT2D eigenvalue weighted by molar-refractivity contribution is 0.158. The van der Waals surface area contributed by atoms with E-state index in [-0.39, 0.29) is 5.82 Å². The van der Waals surface area contributed by atoms with Crippen molar-refractivity contribution in [2.45, 2.75) is 54.4 Å². The van der Waals surface area contributed by atoms with E-state index in [4.69, 9.17) is 4.74 Å². The molecule has 1 saturated heterocycles. The molecule has 0 bridgehead atoms. The largest absolute Gasteiger partial charge is 0.476 e. The number of piperidine rings is 1. The molecule has 4 rings (SSSR count). The lowest BCUT2D eigenvalue weighted by atomic mass is 9.98. The van der Waals surface area contributed by atoms with Gasteiger partial charge in [0.25, 0.3) is 0 Å². The summed E-state index contributed by atoms with van der Waals surface area (Å²) in [6.45, 7) is 14.9. The van der Waals surface area contributed by atoms with E-state index >= 15 is 0 Å². The first kappa shape index (κ1) is 24.9. The van der Waals surface area contributed by atoms with E-state index in [1.165, 1.54) is 12.1 Å². The van der Waals surface area contributed by atoms with Gasteiger partial charge in [0.05, 0.1) is 17.6 Å². The first-order chi connectivity index (χ1) is 14.2. The number of nitrogens with zero attached hydrogens (tertiary/aromatic N) is 3. The van der Waals surface area contributed by atoms with Crippen LogP contribution in [0.15, 0.2) is 36.5 Å². The lowest BCUT2D eigenvalue weighted by Gasteiger charge is -2.28. The van der Waals surface area contributed by atoms with Crippen molar-refractivity contribution in [2.75, 3.05) is 26.7 Å². The van der Waals surface area contributed by atoms with E-state index in [1.807, 2.05) is 64.3 Å². The van der Waals surface area contributed by atoms with E-state index in [0.29, 0.717) is 23.9 Å². The van der Waals surface area contributed by atoms with Crippen LogP contribution in [0.5, 0.6) is 5.88 Å². The van der Waals surface area contributed by atoms with E-state index < -0.39 is 0 Å². The van der Waals surface area contributed by atoms with Gasteiger partial charge in [-0.3, -0.25) is 0 Å². The molecule has 0 amide bonds. The predicted molar refractivity (Wildman–Crippen MR) is 122 cm³/mol. The van der Waals surface area contributed by atoms with Crippen molar-refractivity contribution >= 4 is 16.6 Å². The van der Waals surface area contributed by atoms with E-state index in [2.05, 4.69) is 16.9 Å². The fraction of sp³-hybridized carbons (Fsp3) is 0.542. The highest BCUT2D eigenvalue weighted by molar-refractivity contribution is 5.81. The van der Waals surface area contributed by atoms with Gasteiger partial charge in [-0.1, -0.05) is 41.5 Å². The van der Waals surface area contributed by atoms with Crippen molar-refractivity contribution in [3.63, 3.8) is 0 Å². The summed E-state index contributed by atoms with van der Waals surface area (Å²) < 4.78 is 21.5. The van der Waals surface area contributed by atoms with Crippen molar-refractivity contribution in [2.24, 2.45) is 5.92 Å². The second-order valence-corrected chi connectivity index (χ2v) is 6.37. The molecule has 0 atom stereocenters. The van der Waals surface area contributed by atoms with Crippen LogP contribution >= 0.6 is 0 Å². The van der Waals surface area contributed by atoms with Crippen LogP contribution < -0.4 is 4.74 Å². The van der Waals surface area contributed by atoms with Gasteiger partial charge in [0.15, 0.2) is 0 Å². The molecule has 0 saturated carbocycles. The molecule has 1 aliphatic heterocycles. The van der Waals surface area contributed by atoms with Crippen LogP contribution in [-0.2, 0) is 0 Å². The number of hydrogen-bond acceptors (Lipinski definition) is 3. The van der Waals surface area contributed by atoms with E-state index in [0.717, 1.165) is 37.0 Å². The summed E-state index contributed by atoms with van der Waals surface area (Å²) in [7, 11) is 2.15. The Labute approximate surface area is 175 Å². The molecule has 0 unspecified atom stereocenters. The fourth-order valence-corrected chi connectivity index (χ4v) is 3.25. The van der Waals surface area contributed by atoms with Gasteiger partial charge < -0.3 is 14.0 Å². The summed E-state index contributed by atoms with van der Waals surface area (Å²) in [5, 5.41) is 0. The first-order valence-electron chi connectivity index (χ1n) is 11.1. The smallest absolute Gasteiger partial charge is 0.238 e. The second-order valence-electron chi connectivity index (χ2n) is 6.37. The minimum atomic E-state index is -0.280. The summed E-state index contributed by atoms with van der Waals surface area (Å²) in [4.78, 5) is 6.89. The average molecular weight is 404 g/mol. The van der Waals surface area contributed by atoms with Crippen molar-refractivity contribution in [3.05, 3.63) is 42.3 Å². The number of hydrogen-bond donors (Lipinski definition) is 0. The van der Waals surface area contributed by atoms with Gasteiger partial charge >= 0.3 is 0 Å². The zero-order valence-corrected chi connectivity index (χ0v) is 19.2. The highest BCUT2D eigenvalue weighted by Gasteiger charge is 2.18. The van der Waals surface area contributed by atoms with Crippen molar-refractivity contribution in [3.8, 4) is 5.88 Å². The van der Waals surface area contributed by atoms with Gasteiger partial charge in [0.2, 0.25) is 5.88 Å². The van der Waals surface area contributed by atoms with Crippen LogP contribution in [0.4, 0.5) is 4.39 Å². The zero-order chi connectivity index (χ0) is 21.8. The van der Waals surface area contributed by atoms with E-state index in [1.54, 1.807) is 6.07 Å². The second kappa shape index (κ2) is 13.2. The van der Waals surface area contributed by atoms with Crippen LogP contribution in [0.1, 0.15) is 54.4 Å². The predicted octanol–water partition coefficient (Wildman–Crippen LogP) is 6.43. The summed E-state index contributed by atoms with van der Waals surface area (Å²) in [5.41, 5.74) is 2.43. The molecule has 3 heterocycles. The lowest BCUT2D eigenvalue weighted by Crippen LogP contribution is -2.32. The molecule has 1 aliphatic rings. The Morgan fingerprint density at radius 3 is 2.31 bits per heavy atom. The van der Waals surface area contributed by atoms with Crippen molar-refractivity contribution in [1.82, 2.24) is 14.3 Å². The fourth-order valence-electron chi connectivity index (χ4n) is 3.25. The summed E-state index contributed by atoms with van der Waals surface area (Å²) in [6.07, 6.45) is 4.26. The van der Waals surface area contributed by atoms with Crippen LogP contribution in [-0.4, -0.2) is 41.0 Å². The number of likely N-dealkylation sites (tertiary alicyclic amines) is 1. The molecule has 162 valence electrons. The Balaban J connectivity index is 0.000000644. The van der Waals surface area contributed by atoms with Gasteiger partial charge in [-0.25, -0.2) is 9.37 Å². The Hall–Kier alpha value is -2.14. The van der Waals surface area contributed by atoms with E-state index in [9.17, 15) is 4.39 Å². The number of rotatable bonds is 3. The molecule has 1 aromatic carbocycles. The molecular formula is C24H38FN3O. The minimum absolute atomic E-state index is 0.280. The quantitative estimate of drug-likeness (QED) is 0.505. The minimum Gasteiger partial charge on any atom is -0.476 e. The molecule has 0 N–H and O–H groups in total. The van der Waals surface area contributed by atoms with Gasteiger partial charge in [0.1, 0.15) is 11.3 Å². The molecule has 4 nitrogen and oxygen atoms in total. The molecule has 29 heavy (non-hydrogen) atoms. The standard InChI is InChI=1S/C18H20FN3O.3C2H6/c1-21-9-6-13(7-10-21)12-23-18-17-3-2-8-22(17)16-5-4-14(19)11-15(16)20-18;3*1-2/h2-5,8,11,13H,6-7,9-10,12H2,1H3;3*1-2H3. The molecule has 3 aromatic rings. The van der Waals surface area contributed by atoms with Gasteiger partial charge in [-0.2, -0.15) is 0 Å². The Morgan fingerprint density at radius 2 is 1.66 bits per heavy atom. The zero-order valence-electron chi connectivity index (χ0n) is 19.2. The van der Waals surface area contributed by atoms with Crippen molar-refractivity contribution < 1.29 is 9.13 Å². The Morgan fingerprint density at radius 1 is 1.00 bits per heavy atom. The first-order valence-corrected chi connectivity index (χ1v) is 11.1. The molecule has 2 aromatic heterocycles. The maximum absolute atomic E-state index is 13.5. The molecule has 0 radical (unpaired) electrons. The monoisotopic (exact) mass is 403 g/mol. The average Bonchev–Trinajstić information content (AvgIpc) is 3.27. The normalized spacial score (nSPS) is 14.2. The summed E-state index contributed by atoms with van der Waals surface area (Å²) in [5.74, 6) is 0.871. The highest BCUT2D eigenvalue weighted by atomic mass is 19.1. The molecule has 0 aliphatic carbocycles. The van der Waals surface area contributed by atoms with Gasteiger partial charge in [0, 0.05) is 12.3 Å². The third kappa shape index (κ3) is 6.43. The Kier molecular flexibility index (Phi) is 11.3. The molecule has 5 heteroatoms.